The van der Waals surface area contributed by atoms with Gasteiger partial charge in [0.2, 0.25) is 0 Å². The van der Waals surface area contributed by atoms with Crippen LogP contribution in [0.4, 0.5) is 4.39 Å². The van der Waals surface area contributed by atoms with Gasteiger partial charge in [0.25, 0.3) is 5.91 Å². The first-order valence-electron chi connectivity index (χ1n) is 13.8. The molecule has 3 bridgehead atoms. The Morgan fingerprint density at radius 2 is 1.94 bits per heavy atom. The number of piperidine rings is 1. The summed E-state index contributed by atoms with van der Waals surface area (Å²) in [6, 6.07) is 2.24. The second-order valence-electron chi connectivity index (χ2n) is 12.9. The average molecular weight is 482 g/mol. The van der Waals surface area contributed by atoms with Crippen molar-refractivity contribution in [2.75, 3.05) is 13.2 Å². The van der Waals surface area contributed by atoms with Crippen LogP contribution in [0.25, 0.3) is 0 Å². The van der Waals surface area contributed by atoms with E-state index in [1.54, 1.807) is 6.07 Å². The van der Waals surface area contributed by atoms with E-state index < -0.39 is 23.7 Å². The van der Waals surface area contributed by atoms with Gasteiger partial charge in [-0.3, -0.25) is 4.79 Å². The number of carboxylic acids is 1. The highest BCUT2D eigenvalue weighted by Gasteiger charge is 2.68. The molecule has 5 saturated carbocycles. The van der Waals surface area contributed by atoms with Crippen molar-refractivity contribution < 1.29 is 23.8 Å². The molecule has 6 heteroatoms. The number of carbonyl (C=O) groups is 2. The second-order valence-corrected chi connectivity index (χ2v) is 12.9. The molecule has 0 aromatic heterocycles. The molecule has 1 amide bonds. The van der Waals surface area contributed by atoms with Crippen molar-refractivity contribution in [1.29, 1.82) is 0 Å². The monoisotopic (exact) mass is 481 g/mol. The lowest BCUT2D eigenvalue weighted by molar-refractivity contribution is -0.143. The number of aliphatic carboxylic acids is 1. The molecule has 6 fully saturated rings. The first-order chi connectivity index (χ1) is 16.8. The van der Waals surface area contributed by atoms with Crippen molar-refractivity contribution in [3.8, 4) is 5.75 Å². The van der Waals surface area contributed by atoms with E-state index >= 15 is 4.39 Å². The summed E-state index contributed by atoms with van der Waals surface area (Å²) in [5.41, 5.74) is 0.831. The number of halogens is 1. The van der Waals surface area contributed by atoms with Crippen LogP contribution in [0.5, 0.6) is 5.75 Å². The van der Waals surface area contributed by atoms with E-state index in [2.05, 4.69) is 0 Å². The highest BCUT2D eigenvalue weighted by Crippen LogP contribution is 2.64. The van der Waals surface area contributed by atoms with E-state index in [4.69, 9.17) is 4.74 Å². The van der Waals surface area contributed by atoms with Crippen molar-refractivity contribution in [3.63, 3.8) is 0 Å². The van der Waals surface area contributed by atoms with Gasteiger partial charge in [0.05, 0.1) is 12.2 Å². The number of benzene rings is 1. The van der Waals surface area contributed by atoms with Crippen molar-refractivity contribution >= 4 is 11.9 Å². The molecule has 6 aliphatic rings. The Morgan fingerprint density at radius 1 is 1.14 bits per heavy atom. The third-order valence-corrected chi connectivity index (χ3v) is 11.0. The number of likely N-dealkylation sites (tertiary alicyclic amines) is 1. The first kappa shape index (κ1) is 22.1. The van der Waals surface area contributed by atoms with E-state index in [1.165, 1.54) is 49.5 Å². The van der Waals surface area contributed by atoms with Crippen LogP contribution < -0.4 is 4.74 Å². The number of ether oxygens (including phenoxy) is 1. The molecule has 0 spiro atoms. The maximum Gasteiger partial charge on any atom is 0.327 e. The van der Waals surface area contributed by atoms with E-state index in [0.717, 1.165) is 49.0 Å². The van der Waals surface area contributed by atoms with Crippen LogP contribution in [0.1, 0.15) is 93.0 Å². The molecular weight excluding hydrogens is 445 g/mol. The van der Waals surface area contributed by atoms with E-state index in [-0.39, 0.29) is 22.3 Å². The Balaban J connectivity index is 1.14. The van der Waals surface area contributed by atoms with Crippen LogP contribution in [0, 0.1) is 40.3 Å². The number of fused-ring (bicyclic) bond motifs is 3. The summed E-state index contributed by atoms with van der Waals surface area (Å²) in [5, 5.41) is 9.92. The highest BCUT2D eigenvalue weighted by molar-refractivity contribution is 5.98. The molecule has 1 aromatic carbocycles. The summed E-state index contributed by atoms with van der Waals surface area (Å²) in [7, 11) is 0. The Morgan fingerprint density at radius 3 is 2.69 bits per heavy atom. The molecule has 1 N–H and O–H groups in total. The maximum absolute atomic E-state index is 15.4. The summed E-state index contributed by atoms with van der Waals surface area (Å²) < 4.78 is 21.9. The van der Waals surface area contributed by atoms with E-state index in [1.807, 2.05) is 6.92 Å². The smallest absolute Gasteiger partial charge is 0.327 e. The van der Waals surface area contributed by atoms with Crippen molar-refractivity contribution in [3.05, 3.63) is 29.1 Å². The Kier molecular flexibility index (Phi) is 4.71. The number of carboxylic acid groups (broad SMARTS) is 1. The molecule has 188 valence electrons. The minimum atomic E-state index is -0.974. The normalized spacial score (nSPS) is 40.6. The third-order valence-electron chi connectivity index (χ3n) is 11.0. The fourth-order valence-electron chi connectivity index (χ4n) is 9.04. The lowest BCUT2D eigenvalue weighted by Gasteiger charge is -2.44. The van der Waals surface area contributed by atoms with Gasteiger partial charge in [-0.15, -0.1) is 0 Å². The van der Waals surface area contributed by atoms with Crippen molar-refractivity contribution in [1.82, 2.24) is 4.90 Å². The number of hydrogen-bond acceptors (Lipinski definition) is 3. The van der Waals surface area contributed by atoms with Crippen LogP contribution in [0.15, 0.2) is 12.1 Å². The lowest BCUT2D eigenvalue weighted by Crippen LogP contribution is -2.46. The Bertz CT molecular complexity index is 1090. The van der Waals surface area contributed by atoms with Crippen LogP contribution >= 0.6 is 0 Å². The minimum absolute atomic E-state index is 0.00688. The van der Waals surface area contributed by atoms with Gasteiger partial charge in [0, 0.05) is 23.4 Å². The number of rotatable bonds is 7. The Labute approximate surface area is 206 Å². The molecule has 7 atom stereocenters. The number of nitrogens with zero attached hydrogens (tertiary/aromatic N) is 1. The molecule has 1 aliphatic heterocycles. The van der Waals surface area contributed by atoms with Gasteiger partial charge >= 0.3 is 5.97 Å². The maximum atomic E-state index is 15.4. The van der Waals surface area contributed by atoms with Gasteiger partial charge in [-0.2, -0.15) is 0 Å². The molecule has 1 saturated heterocycles. The molecule has 1 aromatic rings. The van der Waals surface area contributed by atoms with Gasteiger partial charge in [-0.05, 0) is 105 Å². The SMILES string of the molecule is CCC12C[C@H]1CN(C(=O)c1cc(C3CC3)c(OCC34CCC5CC(CC5C3)C4)cc1F)[C@@H]2C(=O)O. The second kappa shape index (κ2) is 7.45. The molecule has 35 heavy (non-hydrogen) atoms. The number of amides is 1. The molecular formula is C29H36FNO4. The minimum Gasteiger partial charge on any atom is -0.493 e. The van der Waals surface area contributed by atoms with E-state index in [0.29, 0.717) is 24.8 Å². The predicted octanol–water partition coefficient (Wildman–Crippen LogP) is 5.62. The van der Waals surface area contributed by atoms with Gasteiger partial charge < -0.3 is 14.7 Å². The molecule has 1 heterocycles. The largest absolute Gasteiger partial charge is 0.493 e. The van der Waals surface area contributed by atoms with Gasteiger partial charge in [0.15, 0.2) is 0 Å². The third kappa shape index (κ3) is 3.30. The fourth-order valence-corrected chi connectivity index (χ4v) is 9.04. The summed E-state index contributed by atoms with van der Waals surface area (Å²) >= 11 is 0. The first-order valence-corrected chi connectivity index (χ1v) is 13.8. The standard InChI is InChI=1S/C29H36FNO4/c1-2-29-13-20(29)14-31(25(29)27(33)34)26(32)22-9-21(17-3-4-17)24(10-23(22)30)35-15-28-6-5-18-7-16(11-28)8-19(18)12-28/h9-10,16-20,25H,2-8,11-15H2,1H3,(H,33,34)/t16?,18?,19?,20-,25+,28?,29?/m0/s1. The van der Waals surface area contributed by atoms with Crippen LogP contribution in [-0.4, -0.2) is 41.1 Å². The summed E-state index contributed by atoms with van der Waals surface area (Å²) in [6.45, 7) is 3.05. The van der Waals surface area contributed by atoms with Crippen molar-refractivity contribution in [2.24, 2.45) is 34.5 Å². The molecule has 7 rings (SSSR count). The summed E-state index contributed by atoms with van der Waals surface area (Å²) in [6.07, 6.45) is 11.4. The topological polar surface area (TPSA) is 66.8 Å². The van der Waals surface area contributed by atoms with Gasteiger partial charge in [-0.1, -0.05) is 6.92 Å². The zero-order valence-electron chi connectivity index (χ0n) is 20.6. The molecule has 5 unspecified atom stereocenters. The van der Waals surface area contributed by atoms with Crippen LogP contribution in [0.2, 0.25) is 0 Å². The molecule has 0 radical (unpaired) electrons. The van der Waals surface area contributed by atoms with Crippen LogP contribution in [0.3, 0.4) is 0 Å². The van der Waals surface area contributed by atoms with Gasteiger partial charge in [-0.25, -0.2) is 9.18 Å². The van der Waals surface area contributed by atoms with Crippen LogP contribution in [-0.2, 0) is 4.79 Å². The predicted molar refractivity (Wildman–Crippen MR) is 128 cm³/mol. The number of carbonyl (C=O) groups excluding carboxylic acids is 1. The number of hydrogen-bond donors (Lipinski definition) is 1. The van der Waals surface area contributed by atoms with Gasteiger partial charge in [0.1, 0.15) is 17.6 Å². The van der Waals surface area contributed by atoms with Crippen molar-refractivity contribution in [2.45, 2.75) is 83.1 Å². The lowest BCUT2D eigenvalue weighted by atomic mass is 9.62. The summed E-state index contributed by atoms with van der Waals surface area (Å²) in [5.74, 6) is 1.68. The highest BCUT2D eigenvalue weighted by atomic mass is 19.1. The average Bonchev–Trinajstić information content (AvgIpc) is 3.75. The zero-order chi connectivity index (χ0) is 24.1. The molecule has 5 nitrogen and oxygen atoms in total. The zero-order valence-corrected chi connectivity index (χ0v) is 20.6. The fraction of sp³-hybridized carbons (Fsp3) is 0.724. The quantitative estimate of drug-likeness (QED) is 0.549. The summed E-state index contributed by atoms with van der Waals surface area (Å²) in [4.78, 5) is 27.0. The molecule has 5 aliphatic carbocycles. The van der Waals surface area contributed by atoms with E-state index in [9.17, 15) is 14.7 Å². The Hall–Kier alpha value is -2.11.